The van der Waals surface area contributed by atoms with Gasteiger partial charge in [-0.2, -0.15) is 9.41 Å². The highest BCUT2D eigenvalue weighted by Crippen LogP contribution is 2.25. The van der Waals surface area contributed by atoms with Crippen molar-refractivity contribution in [2.75, 3.05) is 6.54 Å². The number of amides is 1. The van der Waals surface area contributed by atoms with Crippen LogP contribution in [-0.4, -0.2) is 31.4 Å². The Morgan fingerprint density at radius 2 is 1.55 bits per heavy atom. The number of carbonyl (C=O) groups is 1. The van der Waals surface area contributed by atoms with Crippen LogP contribution in [0.25, 0.3) is 0 Å². The van der Waals surface area contributed by atoms with Gasteiger partial charge >= 0.3 is 0 Å². The van der Waals surface area contributed by atoms with Crippen molar-refractivity contribution in [3.63, 3.8) is 0 Å². The molecule has 6 nitrogen and oxygen atoms in total. The number of hydrazone groups is 1. The summed E-state index contributed by atoms with van der Waals surface area (Å²) in [6.45, 7) is -0.644. The highest BCUT2D eigenvalue weighted by molar-refractivity contribution is 7.89. The van der Waals surface area contributed by atoms with Crippen LogP contribution < -0.4 is 5.43 Å². The van der Waals surface area contributed by atoms with Gasteiger partial charge in [-0.15, -0.1) is 0 Å². The molecule has 0 unspecified atom stereocenters. The van der Waals surface area contributed by atoms with Crippen molar-refractivity contribution in [2.24, 2.45) is 5.10 Å². The first-order valence-corrected chi connectivity index (χ1v) is 12.4. The van der Waals surface area contributed by atoms with Gasteiger partial charge in [0.15, 0.2) is 0 Å². The molecule has 0 atom stereocenters. The molecule has 0 heterocycles. The SMILES string of the molecule is O=C(CN(Cc1ccc(Cl)cc1Cl)S(=O)(=O)c1ccccc1)N/N=C\c1ccc(Cl)cc1Cl. The number of halogens is 4. The fourth-order valence-corrected chi connectivity index (χ4v) is 5.10. The van der Waals surface area contributed by atoms with E-state index < -0.39 is 22.5 Å². The summed E-state index contributed by atoms with van der Waals surface area (Å²) in [4.78, 5) is 12.6. The zero-order chi connectivity index (χ0) is 24.0. The molecule has 3 rings (SSSR count). The minimum atomic E-state index is -4.02. The summed E-state index contributed by atoms with van der Waals surface area (Å²) in [5.74, 6) is -0.652. The van der Waals surface area contributed by atoms with Crippen molar-refractivity contribution >= 4 is 68.5 Å². The Balaban J connectivity index is 1.81. The monoisotopic (exact) mass is 543 g/mol. The Hall–Kier alpha value is -2.13. The van der Waals surface area contributed by atoms with E-state index in [4.69, 9.17) is 46.4 Å². The molecule has 3 aromatic carbocycles. The van der Waals surface area contributed by atoms with Gasteiger partial charge in [-0.1, -0.05) is 76.7 Å². The molecule has 3 aromatic rings. The Morgan fingerprint density at radius 1 is 0.909 bits per heavy atom. The molecule has 0 aliphatic heterocycles. The first kappa shape index (κ1) is 25.5. The summed E-state index contributed by atoms with van der Waals surface area (Å²) in [7, 11) is -4.02. The van der Waals surface area contributed by atoms with E-state index in [-0.39, 0.29) is 16.5 Å². The van der Waals surface area contributed by atoms with Crippen LogP contribution in [0.5, 0.6) is 0 Å². The molecule has 1 amide bonds. The number of sulfonamides is 1. The van der Waals surface area contributed by atoms with Crippen LogP contribution in [0.1, 0.15) is 11.1 Å². The molecule has 0 spiro atoms. The zero-order valence-corrected chi connectivity index (χ0v) is 20.7. The maximum atomic E-state index is 13.2. The summed E-state index contributed by atoms with van der Waals surface area (Å²) >= 11 is 24.1. The molecule has 0 aliphatic rings. The van der Waals surface area contributed by atoms with Crippen molar-refractivity contribution in [2.45, 2.75) is 11.4 Å². The van der Waals surface area contributed by atoms with Crippen molar-refractivity contribution in [1.29, 1.82) is 0 Å². The van der Waals surface area contributed by atoms with Crippen LogP contribution in [-0.2, 0) is 21.4 Å². The number of carbonyl (C=O) groups excluding carboxylic acids is 1. The van der Waals surface area contributed by atoms with E-state index in [1.54, 1.807) is 42.5 Å². The van der Waals surface area contributed by atoms with Crippen LogP contribution in [0.15, 0.2) is 76.7 Å². The molecule has 0 fully saturated rings. The number of nitrogens with one attached hydrogen (secondary N) is 1. The third kappa shape index (κ3) is 6.93. The molecule has 0 bridgehead atoms. The lowest BCUT2D eigenvalue weighted by atomic mass is 10.2. The average molecular weight is 545 g/mol. The van der Waals surface area contributed by atoms with Crippen molar-refractivity contribution in [3.05, 3.63) is 97.9 Å². The van der Waals surface area contributed by atoms with Crippen molar-refractivity contribution < 1.29 is 13.2 Å². The maximum absolute atomic E-state index is 13.2. The van der Waals surface area contributed by atoms with E-state index in [9.17, 15) is 13.2 Å². The predicted octanol–water partition coefficient (Wildman–Crippen LogP) is 5.64. The summed E-state index contributed by atoms with van der Waals surface area (Å²) < 4.78 is 27.5. The quantitative estimate of drug-likeness (QED) is 0.294. The minimum Gasteiger partial charge on any atom is -0.272 e. The first-order valence-electron chi connectivity index (χ1n) is 9.43. The number of nitrogens with zero attached hydrogens (tertiary/aromatic N) is 2. The Morgan fingerprint density at radius 3 is 2.18 bits per heavy atom. The van der Waals surface area contributed by atoms with Crippen LogP contribution >= 0.6 is 46.4 Å². The summed E-state index contributed by atoms with van der Waals surface area (Å²) in [5.41, 5.74) is 3.34. The number of hydrogen-bond donors (Lipinski definition) is 1. The third-order valence-corrected chi connectivity index (χ3v) is 7.37. The van der Waals surface area contributed by atoms with Crippen LogP contribution in [0.3, 0.4) is 0 Å². The molecule has 11 heteroatoms. The predicted molar refractivity (Wildman–Crippen MR) is 133 cm³/mol. The Kier molecular flexibility index (Phi) is 8.75. The van der Waals surface area contributed by atoms with E-state index in [2.05, 4.69) is 10.5 Å². The number of rotatable bonds is 8. The van der Waals surface area contributed by atoms with Crippen LogP contribution in [0, 0.1) is 0 Å². The third-order valence-electron chi connectivity index (χ3n) is 4.42. The van der Waals surface area contributed by atoms with Gasteiger partial charge < -0.3 is 0 Å². The number of hydrogen-bond acceptors (Lipinski definition) is 4. The molecule has 0 aliphatic carbocycles. The molecular weight excluding hydrogens is 528 g/mol. The fourth-order valence-electron chi connectivity index (χ4n) is 2.78. The van der Waals surface area contributed by atoms with Gasteiger partial charge in [-0.3, -0.25) is 4.79 Å². The highest BCUT2D eigenvalue weighted by Gasteiger charge is 2.27. The molecule has 0 radical (unpaired) electrons. The van der Waals surface area contributed by atoms with Gasteiger partial charge in [0.25, 0.3) is 5.91 Å². The lowest BCUT2D eigenvalue weighted by Gasteiger charge is -2.22. The van der Waals surface area contributed by atoms with Crippen molar-refractivity contribution in [1.82, 2.24) is 9.73 Å². The minimum absolute atomic E-state index is 0.0410. The topological polar surface area (TPSA) is 78.8 Å². The fraction of sp³-hybridized carbons (Fsp3) is 0.0909. The molecule has 0 saturated carbocycles. The molecule has 0 saturated heterocycles. The van der Waals surface area contributed by atoms with Gasteiger partial charge in [0.2, 0.25) is 10.0 Å². The largest absolute Gasteiger partial charge is 0.272 e. The molecular formula is C22H17Cl4N3O3S. The first-order chi connectivity index (χ1) is 15.7. The molecule has 33 heavy (non-hydrogen) atoms. The van der Waals surface area contributed by atoms with E-state index in [0.29, 0.717) is 26.2 Å². The summed E-state index contributed by atoms with van der Waals surface area (Å²) in [6.07, 6.45) is 1.34. The number of benzene rings is 3. The van der Waals surface area contributed by atoms with Crippen LogP contribution in [0.2, 0.25) is 20.1 Å². The Bertz CT molecular complexity index is 1290. The second-order valence-electron chi connectivity index (χ2n) is 6.78. The lowest BCUT2D eigenvalue weighted by molar-refractivity contribution is -0.121. The molecule has 0 aromatic heterocycles. The maximum Gasteiger partial charge on any atom is 0.255 e. The summed E-state index contributed by atoms with van der Waals surface area (Å²) in [5, 5.41) is 5.37. The average Bonchev–Trinajstić information content (AvgIpc) is 2.77. The van der Waals surface area contributed by atoms with E-state index in [0.717, 1.165) is 4.31 Å². The van der Waals surface area contributed by atoms with Gasteiger partial charge in [-0.25, -0.2) is 13.8 Å². The second kappa shape index (κ2) is 11.3. The molecule has 172 valence electrons. The highest BCUT2D eigenvalue weighted by atomic mass is 35.5. The van der Waals surface area contributed by atoms with E-state index in [1.165, 1.54) is 30.5 Å². The van der Waals surface area contributed by atoms with Gasteiger partial charge in [0.1, 0.15) is 0 Å². The lowest BCUT2D eigenvalue weighted by Crippen LogP contribution is -2.39. The van der Waals surface area contributed by atoms with Gasteiger partial charge in [-0.05, 0) is 42.0 Å². The van der Waals surface area contributed by atoms with Crippen LogP contribution in [0.4, 0.5) is 0 Å². The smallest absolute Gasteiger partial charge is 0.255 e. The van der Waals surface area contributed by atoms with Gasteiger partial charge in [0, 0.05) is 27.2 Å². The van der Waals surface area contributed by atoms with Crippen molar-refractivity contribution in [3.8, 4) is 0 Å². The van der Waals surface area contributed by atoms with E-state index >= 15 is 0 Å². The van der Waals surface area contributed by atoms with Gasteiger partial charge in [0.05, 0.1) is 22.7 Å². The standard InChI is InChI=1S/C22H17Cl4N3O3S/c23-17-8-6-15(20(25)10-17)12-27-28-22(30)14-29(13-16-7-9-18(24)11-21(16)26)33(31,32)19-4-2-1-3-5-19/h1-12H,13-14H2,(H,28,30)/b27-12-. The normalized spacial score (nSPS) is 11.8. The Labute approximate surface area is 211 Å². The zero-order valence-electron chi connectivity index (χ0n) is 16.9. The molecule has 1 N–H and O–H groups in total. The summed E-state index contributed by atoms with van der Waals surface area (Å²) in [6, 6.07) is 17.3. The second-order valence-corrected chi connectivity index (χ2v) is 10.4. The van der Waals surface area contributed by atoms with E-state index in [1.807, 2.05) is 0 Å².